The fourth-order valence-electron chi connectivity index (χ4n) is 2.06. The third kappa shape index (κ3) is 7.69. The molecule has 0 fully saturated rings. The van der Waals surface area contributed by atoms with Crippen molar-refractivity contribution in [3.63, 3.8) is 0 Å². The van der Waals surface area contributed by atoms with Crippen molar-refractivity contribution in [1.82, 2.24) is 10.6 Å². The molecule has 0 aliphatic rings. The van der Waals surface area contributed by atoms with Gasteiger partial charge in [0.15, 0.2) is 6.10 Å². The lowest BCUT2D eigenvalue weighted by atomic mass is 10.1. The topological polar surface area (TPSA) is 93.7 Å². The maximum absolute atomic E-state index is 11.9. The summed E-state index contributed by atoms with van der Waals surface area (Å²) in [5, 5.41) is 4.65. The van der Waals surface area contributed by atoms with E-state index in [4.69, 9.17) is 9.47 Å². The lowest BCUT2D eigenvalue weighted by Crippen LogP contribution is -2.46. The van der Waals surface area contributed by atoms with Crippen LogP contribution in [0.4, 0.5) is 4.79 Å². The Kier molecular flexibility index (Phi) is 8.46. The van der Waals surface area contributed by atoms with Crippen molar-refractivity contribution in [2.24, 2.45) is 0 Å². The molecule has 0 heterocycles. The van der Waals surface area contributed by atoms with Crippen LogP contribution in [0.5, 0.6) is 5.75 Å². The summed E-state index contributed by atoms with van der Waals surface area (Å²) in [6, 6.07) is 6.73. The zero-order valence-corrected chi connectivity index (χ0v) is 15.1. The molecule has 0 radical (unpaired) electrons. The average Bonchev–Trinajstić information content (AvgIpc) is 2.53. The summed E-state index contributed by atoms with van der Waals surface area (Å²) >= 11 is 0. The molecule has 0 aliphatic carbocycles. The van der Waals surface area contributed by atoms with Crippen LogP contribution < -0.4 is 15.4 Å². The summed E-state index contributed by atoms with van der Waals surface area (Å²) in [6.45, 7) is 7.39. The molecule has 1 aromatic carbocycles. The van der Waals surface area contributed by atoms with Gasteiger partial charge in [0.05, 0.1) is 6.61 Å². The van der Waals surface area contributed by atoms with Gasteiger partial charge in [-0.1, -0.05) is 18.2 Å². The summed E-state index contributed by atoms with van der Waals surface area (Å²) in [5.74, 6) is -0.451. The molecular weight excluding hydrogens is 324 g/mol. The monoisotopic (exact) mass is 350 g/mol. The van der Waals surface area contributed by atoms with Gasteiger partial charge in [-0.05, 0) is 45.7 Å². The van der Waals surface area contributed by atoms with E-state index in [1.165, 1.54) is 6.92 Å². The Morgan fingerprint density at radius 1 is 1.12 bits per heavy atom. The van der Waals surface area contributed by atoms with Crippen molar-refractivity contribution >= 4 is 17.9 Å². The van der Waals surface area contributed by atoms with Crippen molar-refractivity contribution in [2.45, 2.75) is 52.7 Å². The Bertz CT molecular complexity index is 601. The Morgan fingerprint density at radius 3 is 2.44 bits per heavy atom. The van der Waals surface area contributed by atoms with E-state index >= 15 is 0 Å². The maximum Gasteiger partial charge on any atom is 0.321 e. The van der Waals surface area contributed by atoms with E-state index < -0.39 is 24.0 Å². The van der Waals surface area contributed by atoms with Crippen LogP contribution in [0.2, 0.25) is 0 Å². The number of urea groups is 1. The lowest BCUT2D eigenvalue weighted by Gasteiger charge is -2.15. The zero-order valence-electron chi connectivity index (χ0n) is 15.1. The number of rotatable bonds is 8. The Morgan fingerprint density at radius 2 is 1.80 bits per heavy atom. The highest BCUT2D eigenvalue weighted by atomic mass is 16.5. The van der Waals surface area contributed by atoms with Crippen LogP contribution in [-0.4, -0.2) is 36.7 Å². The third-order valence-electron chi connectivity index (χ3n) is 3.20. The minimum atomic E-state index is -1.05. The molecule has 7 nitrogen and oxygen atoms in total. The SMILES string of the molecule is CCOc1ccccc1CCC(=O)O[C@@H](C)C(=O)NC(=O)NC(C)C. The molecule has 1 atom stereocenters. The first-order valence-electron chi connectivity index (χ1n) is 8.35. The van der Waals surface area contributed by atoms with Gasteiger partial charge < -0.3 is 14.8 Å². The zero-order chi connectivity index (χ0) is 18.8. The molecule has 7 heteroatoms. The second kappa shape index (κ2) is 10.3. The maximum atomic E-state index is 11.9. The van der Waals surface area contributed by atoms with E-state index in [1.54, 1.807) is 13.8 Å². The number of hydrogen-bond donors (Lipinski definition) is 2. The Balaban J connectivity index is 2.46. The molecule has 0 saturated carbocycles. The van der Waals surface area contributed by atoms with Gasteiger partial charge in [-0.2, -0.15) is 0 Å². The molecule has 0 aromatic heterocycles. The second-order valence-corrected chi connectivity index (χ2v) is 5.79. The van der Waals surface area contributed by atoms with Crippen molar-refractivity contribution in [3.05, 3.63) is 29.8 Å². The van der Waals surface area contributed by atoms with Gasteiger partial charge in [0.25, 0.3) is 5.91 Å². The van der Waals surface area contributed by atoms with E-state index in [1.807, 2.05) is 31.2 Å². The number of esters is 1. The number of carbonyl (C=O) groups excluding carboxylic acids is 3. The first-order valence-corrected chi connectivity index (χ1v) is 8.35. The second-order valence-electron chi connectivity index (χ2n) is 5.79. The predicted molar refractivity (Wildman–Crippen MR) is 93.3 cm³/mol. The number of benzene rings is 1. The molecule has 0 spiro atoms. The largest absolute Gasteiger partial charge is 0.494 e. The van der Waals surface area contributed by atoms with Gasteiger partial charge in [0.2, 0.25) is 0 Å². The molecule has 1 rings (SSSR count). The highest BCUT2D eigenvalue weighted by Gasteiger charge is 2.20. The van der Waals surface area contributed by atoms with Gasteiger partial charge in [0, 0.05) is 12.5 Å². The van der Waals surface area contributed by atoms with Crippen LogP contribution >= 0.6 is 0 Å². The molecule has 0 bridgehead atoms. The highest BCUT2D eigenvalue weighted by molar-refractivity contribution is 5.97. The molecule has 0 unspecified atom stereocenters. The van der Waals surface area contributed by atoms with Crippen LogP contribution in [0.15, 0.2) is 24.3 Å². The highest BCUT2D eigenvalue weighted by Crippen LogP contribution is 2.19. The molecular formula is C18H26N2O5. The third-order valence-corrected chi connectivity index (χ3v) is 3.20. The van der Waals surface area contributed by atoms with Crippen LogP contribution in [-0.2, 0) is 20.7 Å². The van der Waals surface area contributed by atoms with Crippen LogP contribution in [0.3, 0.4) is 0 Å². The normalized spacial score (nSPS) is 11.6. The van der Waals surface area contributed by atoms with Gasteiger partial charge in [0.1, 0.15) is 5.75 Å². The van der Waals surface area contributed by atoms with E-state index in [0.29, 0.717) is 13.0 Å². The Labute approximate surface area is 148 Å². The fourth-order valence-corrected chi connectivity index (χ4v) is 2.06. The molecule has 0 aliphatic heterocycles. The number of nitrogens with one attached hydrogen (secondary N) is 2. The molecule has 138 valence electrons. The van der Waals surface area contributed by atoms with Gasteiger partial charge >= 0.3 is 12.0 Å². The summed E-state index contributed by atoms with van der Waals surface area (Å²) in [4.78, 5) is 35.2. The van der Waals surface area contributed by atoms with Crippen LogP contribution in [0.25, 0.3) is 0 Å². The summed E-state index contributed by atoms with van der Waals surface area (Å²) < 4.78 is 10.6. The summed E-state index contributed by atoms with van der Waals surface area (Å²) in [5.41, 5.74) is 0.898. The predicted octanol–water partition coefficient (Wildman–Crippen LogP) is 2.18. The van der Waals surface area contributed by atoms with Crippen molar-refractivity contribution in [2.75, 3.05) is 6.61 Å². The molecule has 3 amide bonds. The lowest BCUT2D eigenvalue weighted by molar-refractivity contribution is -0.154. The van der Waals surface area contributed by atoms with Crippen molar-refractivity contribution < 1.29 is 23.9 Å². The van der Waals surface area contributed by atoms with E-state index in [0.717, 1.165) is 11.3 Å². The molecule has 2 N–H and O–H groups in total. The van der Waals surface area contributed by atoms with Crippen LogP contribution in [0, 0.1) is 0 Å². The Hall–Kier alpha value is -2.57. The number of para-hydroxylation sites is 1. The first-order chi connectivity index (χ1) is 11.8. The molecule has 25 heavy (non-hydrogen) atoms. The summed E-state index contributed by atoms with van der Waals surface area (Å²) in [7, 11) is 0. The fraction of sp³-hybridized carbons (Fsp3) is 0.500. The first kappa shape index (κ1) is 20.5. The summed E-state index contributed by atoms with van der Waals surface area (Å²) in [6.07, 6.45) is -0.496. The van der Waals surface area contributed by atoms with Crippen LogP contribution in [0.1, 0.15) is 39.7 Å². The average molecular weight is 350 g/mol. The minimum Gasteiger partial charge on any atom is -0.494 e. The number of ether oxygens (including phenoxy) is 2. The molecule has 0 saturated heterocycles. The number of hydrogen-bond acceptors (Lipinski definition) is 5. The minimum absolute atomic E-state index is 0.101. The number of imide groups is 1. The standard InChI is InChI=1S/C18H26N2O5/c1-5-24-15-9-7-6-8-14(15)10-11-16(21)25-13(4)17(22)20-18(23)19-12(2)3/h6-9,12-13H,5,10-11H2,1-4H3,(H2,19,20,22,23)/t13-/m0/s1. The molecule has 1 aromatic rings. The van der Waals surface area contributed by atoms with Gasteiger partial charge in [-0.3, -0.25) is 14.9 Å². The quantitative estimate of drug-likeness (QED) is 0.701. The smallest absolute Gasteiger partial charge is 0.321 e. The van der Waals surface area contributed by atoms with Crippen molar-refractivity contribution in [3.8, 4) is 5.75 Å². The van der Waals surface area contributed by atoms with E-state index in [-0.39, 0.29) is 12.5 Å². The van der Waals surface area contributed by atoms with Gasteiger partial charge in [-0.25, -0.2) is 4.79 Å². The van der Waals surface area contributed by atoms with E-state index in [2.05, 4.69) is 10.6 Å². The van der Waals surface area contributed by atoms with Crippen molar-refractivity contribution in [1.29, 1.82) is 0 Å². The number of carbonyl (C=O) groups is 3. The van der Waals surface area contributed by atoms with E-state index in [9.17, 15) is 14.4 Å². The number of aryl methyl sites for hydroxylation is 1. The number of amides is 3. The van der Waals surface area contributed by atoms with Gasteiger partial charge in [-0.15, -0.1) is 0 Å².